The fourth-order valence-corrected chi connectivity index (χ4v) is 9.32. The molecule has 0 unspecified atom stereocenters. The molecule has 0 amide bonds. The fraction of sp³-hybridized carbons (Fsp3) is 0. The van der Waals surface area contributed by atoms with E-state index < -0.39 is 0 Å². The molecule has 10 aromatic carbocycles. The number of rotatable bonds is 8. The first-order valence-corrected chi connectivity index (χ1v) is 21.1. The molecule has 12 aromatic rings. The van der Waals surface area contributed by atoms with Gasteiger partial charge in [0, 0.05) is 61.4 Å². The van der Waals surface area contributed by atoms with Crippen LogP contribution in [0.5, 0.6) is 0 Å². The Balaban J connectivity index is 1.14. The largest absolute Gasteiger partial charge is 0.456 e. The first-order valence-electron chi connectivity index (χ1n) is 21.1. The van der Waals surface area contributed by atoms with Crippen LogP contribution in [-0.4, -0.2) is 4.57 Å². The average Bonchev–Trinajstić information content (AvgIpc) is 3.88. The lowest BCUT2D eigenvalue weighted by molar-refractivity contribution is 0.669. The van der Waals surface area contributed by atoms with E-state index in [0.29, 0.717) is 0 Å². The Morgan fingerprint density at radius 3 is 1.40 bits per heavy atom. The van der Waals surface area contributed by atoms with Gasteiger partial charge in [0.15, 0.2) is 0 Å². The SMILES string of the molecule is c1ccc(N(c2ccccc2)c2cc(-c3ccc4c(c3)c3cc5c(ccc6oc7ccccc7c65)cc3n4-c3ccccc3)cc(N(c3ccccc3)c3ccccc3)c2)cc1. The molecular formula is C58H39N3O. The van der Waals surface area contributed by atoms with Crippen molar-refractivity contribution in [2.45, 2.75) is 0 Å². The van der Waals surface area contributed by atoms with Crippen molar-refractivity contribution in [2.24, 2.45) is 0 Å². The molecular weight excluding hydrogens is 755 g/mol. The zero-order valence-electron chi connectivity index (χ0n) is 33.8. The summed E-state index contributed by atoms with van der Waals surface area (Å²) in [5.41, 5.74) is 13.9. The van der Waals surface area contributed by atoms with E-state index in [9.17, 15) is 0 Å². The molecule has 0 spiro atoms. The molecule has 62 heavy (non-hydrogen) atoms. The third kappa shape index (κ3) is 6.00. The van der Waals surface area contributed by atoms with Crippen LogP contribution in [0.4, 0.5) is 34.1 Å². The van der Waals surface area contributed by atoms with Crippen LogP contribution in [0.15, 0.2) is 241 Å². The summed E-state index contributed by atoms with van der Waals surface area (Å²) >= 11 is 0. The van der Waals surface area contributed by atoms with Crippen LogP contribution < -0.4 is 9.80 Å². The molecule has 0 saturated heterocycles. The van der Waals surface area contributed by atoms with Crippen molar-refractivity contribution < 1.29 is 4.42 Å². The summed E-state index contributed by atoms with van der Waals surface area (Å²) < 4.78 is 8.80. The zero-order valence-corrected chi connectivity index (χ0v) is 33.8. The number of furan rings is 1. The van der Waals surface area contributed by atoms with Gasteiger partial charge in [0.25, 0.3) is 0 Å². The molecule has 0 aliphatic heterocycles. The predicted molar refractivity (Wildman–Crippen MR) is 260 cm³/mol. The highest BCUT2D eigenvalue weighted by atomic mass is 16.3. The van der Waals surface area contributed by atoms with Crippen LogP contribution in [0.25, 0.3) is 71.3 Å². The van der Waals surface area contributed by atoms with Crippen molar-refractivity contribution in [1.82, 2.24) is 4.57 Å². The molecule has 0 radical (unpaired) electrons. The molecule has 2 aromatic heterocycles. The number of fused-ring (bicyclic) bond motifs is 8. The number of benzene rings is 10. The molecule has 0 N–H and O–H groups in total. The minimum atomic E-state index is 0.901. The minimum absolute atomic E-state index is 0.901. The van der Waals surface area contributed by atoms with E-state index in [0.717, 1.165) is 83.9 Å². The first-order chi connectivity index (χ1) is 30.7. The number of hydrogen-bond acceptors (Lipinski definition) is 3. The van der Waals surface area contributed by atoms with Crippen molar-refractivity contribution >= 4 is 88.6 Å². The first kappa shape index (κ1) is 35.6. The molecule has 0 bridgehead atoms. The summed E-state index contributed by atoms with van der Waals surface area (Å²) in [6.07, 6.45) is 0. The molecule has 2 heterocycles. The van der Waals surface area contributed by atoms with Crippen molar-refractivity contribution in [1.29, 1.82) is 0 Å². The van der Waals surface area contributed by atoms with Crippen molar-refractivity contribution in [3.05, 3.63) is 237 Å². The second-order valence-electron chi connectivity index (χ2n) is 15.8. The number of anilines is 6. The Labute approximate surface area is 359 Å². The fourth-order valence-electron chi connectivity index (χ4n) is 9.32. The van der Waals surface area contributed by atoms with Gasteiger partial charge in [-0.2, -0.15) is 0 Å². The molecule has 12 rings (SSSR count). The maximum atomic E-state index is 6.39. The van der Waals surface area contributed by atoms with Crippen molar-refractivity contribution in [3.8, 4) is 16.8 Å². The Morgan fingerprint density at radius 1 is 0.306 bits per heavy atom. The highest BCUT2D eigenvalue weighted by molar-refractivity contribution is 6.23. The van der Waals surface area contributed by atoms with Gasteiger partial charge in [-0.25, -0.2) is 0 Å². The topological polar surface area (TPSA) is 24.6 Å². The van der Waals surface area contributed by atoms with Crippen LogP contribution >= 0.6 is 0 Å². The maximum Gasteiger partial charge on any atom is 0.136 e. The predicted octanol–water partition coefficient (Wildman–Crippen LogP) is 16.4. The molecule has 0 atom stereocenters. The standard InChI is InChI=1S/C58H39N3O/c1-6-18-43(19-7-1)59(44-20-8-2-9-21-44)48-34-42(35-49(38-48)60(45-22-10-3-11-23-45)46-24-12-4-13-25-46)40-30-32-54-52(36-40)53-39-51-41(37-55(53)61(54)47-26-14-5-15-27-47)31-33-57-58(51)50-28-16-17-29-56(50)62-57/h1-39H. The van der Waals surface area contributed by atoms with Gasteiger partial charge >= 0.3 is 0 Å². The normalized spacial score (nSPS) is 11.5. The third-order valence-corrected chi connectivity index (χ3v) is 12.1. The quantitative estimate of drug-likeness (QED) is 0.153. The van der Waals surface area contributed by atoms with Crippen LogP contribution in [0.3, 0.4) is 0 Å². The van der Waals surface area contributed by atoms with Crippen LogP contribution in [-0.2, 0) is 0 Å². The molecule has 0 fully saturated rings. The second kappa shape index (κ2) is 14.7. The van der Waals surface area contributed by atoms with Gasteiger partial charge < -0.3 is 18.8 Å². The summed E-state index contributed by atoms with van der Waals surface area (Å²) in [4.78, 5) is 4.71. The number of nitrogens with zero attached hydrogens (tertiary/aromatic N) is 3. The third-order valence-electron chi connectivity index (χ3n) is 12.1. The van der Waals surface area contributed by atoms with E-state index in [1.165, 1.54) is 21.5 Å². The molecule has 292 valence electrons. The Morgan fingerprint density at radius 2 is 0.823 bits per heavy atom. The van der Waals surface area contributed by atoms with Crippen molar-refractivity contribution in [3.63, 3.8) is 0 Å². The minimum Gasteiger partial charge on any atom is -0.456 e. The molecule has 4 nitrogen and oxygen atoms in total. The van der Waals surface area contributed by atoms with Gasteiger partial charge in [-0.1, -0.05) is 121 Å². The van der Waals surface area contributed by atoms with E-state index >= 15 is 0 Å². The van der Waals surface area contributed by atoms with Gasteiger partial charge in [0.2, 0.25) is 0 Å². The summed E-state index contributed by atoms with van der Waals surface area (Å²) in [6.45, 7) is 0. The highest BCUT2D eigenvalue weighted by Gasteiger charge is 2.21. The summed E-state index contributed by atoms with van der Waals surface area (Å²) in [5, 5.41) is 7.02. The Kier molecular flexibility index (Phi) is 8.46. The van der Waals surface area contributed by atoms with Crippen molar-refractivity contribution in [2.75, 3.05) is 9.80 Å². The van der Waals surface area contributed by atoms with Gasteiger partial charge in [0.1, 0.15) is 11.2 Å². The summed E-state index contributed by atoms with van der Waals surface area (Å²) in [7, 11) is 0. The molecule has 0 aliphatic rings. The molecule has 0 saturated carbocycles. The Bertz CT molecular complexity index is 3380. The van der Waals surface area contributed by atoms with E-state index in [1.807, 2.05) is 6.07 Å². The van der Waals surface area contributed by atoms with E-state index in [4.69, 9.17) is 4.42 Å². The van der Waals surface area contributed by atoms with Gasteiger partial charge in [-0.3, -0.25) is 0 Å². The smallest absolute Gasteiger partial charge is 0.136 e. The van der Waals surface area contributed by atoms with E-state index in [-0.39, 0.29) is 0 Å². The number of para-hydroxylation sites is 6. The van der Waals surface area contributed by atoms with E-state index in [1.54, 1.807) is 0 Å². The highest BCUT2D eigenvalue weighted by Crippen LogP contribution is 2.45. The lowest BCUT2D eigenvalue weighted by Crippen LogP contribution is -2.13. The second-order valence-corrected chi connectivity index (χ2v) is 15.8. The molecule has 0 aliphatic carbocycles. The monoisotopic (exact) mass is 793 g/mol. The lowest BCUT2D eigenvalue weighted by Gasteiger charge is -2.30. The maximum absolute atomic E-state index is 6.39. The van der Waals surface area contributed by atoms with Gasteiger partial charge in [-0.05, 0) is 137 Å². The number of aromatic nitrogens is 1. The van der Waals surface area contributed by atoms with Crippen LogP contribution in [0, 0.1) is 0 Å². The van der Waals surface area contributed by atoms with Gasteiger partial charge in [0.05, 0.1) is 11.0 Å². The molecule has 4 heteroatoms. The summed E-state index contributed by atoms with van der Waals surface area (Å²) in [6, 6.07) is 84.7. The van der Waals surface area contributed by atoms with Crippen LogP contribution in [0.1, 0.15) is 0 Å². The van der Waals surface area contributed by atoms with E-state index in [2.05, 4.69) is 245 Å². The lowest BCUT2D eigenvalue weighted by atomic mass is 9.98. The summed E-state index contributed by atoms with van der Waals surface area (Å²) in [5.74, 6) is 0. The average molecular weight is 794 g/mol. The zero-order chi connectivity index (χ0) is 41.0. The van der Waals surface area contributed by atoms with Gasteiger partial charge in [-0.15, -0.1) is 0 Å². The Hall–Kier alpha value is -8.34. The number of hydrogen-bond donors (Lipinski definition) is 0. The van der Waals surface area contributed by atoms with Crippen LogP contribution in [0.2, 0.25) is 0 Å².